The van der Waals surface area contributed by atoms with Crippen molar-refractivity contribution in [3.8, 4) is 0 Å². The number of anilines is 1. The fraction of sp³-hybridized carbons (Fsp3) is 0.222. The van der Waals surface area contributed by atoms with Crippen LogP contribution in [0.4, 0.5) is 5.69 Å². The molecule has 13 heavy (non-hydrogen) atoms. The van der Waals surface area contributed by atoms with E-state index in [-0.39, 0.29) is 11.9 Å². The van der Waals surface area contributed by atoms with E-state index >= 15 is 0 Å². The van der Waals surface area contributed by atoms with Crippen molar-refractivity contribution in [1.29, 1.82) is 0 Å². The standard InChI is InChI=1S/C9H13N3O/c1-3-6(2)12-9(13)8-4-7(10)5-11-8/h3-6,11H,1,10H2,2H3,(H,12,13). The van der Waals surface area contributed by atoms with Gasteiger partial charge in [-0.15, -0.1) is 6.58 Å². The average molecular weight is 179 g/mol. The Balaban J connectivity index is 2.63. The van der Waals surface area contributed by atoms with Gasteiger partial charge in [-0.05, 0) is 13.0 Å². The molecule has 0 spiro atoms. The quantitative estimate of drug-likeness (QED) is 0.603. The third-order valence-electron chi connectivity index (χ3n) is 1.66. The second-order valence-electron chi connectivity index (χ2n) is 2.84. The number of aromatic nitrogens is 1. The van der Waals surface area contributed by atoms with Gasteiger partial charge in [0.2, 0.25) is 0 Å². The molecular formula is C9H13N3O. The molecule has 1 aromatic rings. The predicted octanol–water partition coefficient (Wildman–Crippen LogP) is 0.901. The molecule has 0 fully saturated rings. The minimum Gasteiger partial charge on any atom is -0.397 e. The molecule has 4 nitrogen and oxygen atoms in total. The van der Waals surface area contributed by atoms with Crippen LogP contribution in [0.2, 0.25) is 0 Å². The summed E-state index contributed by atoms with van der Waals surface area (Å²) < 4.78 is 0. The Kier molecular flexibility index (Phi) is 2.74. The van der Waals surface area contributed by atoms with Crippen molar-refractivity contribution < 1.29 is 4.79 Å². The molecule has 0 aromatic carbocycles. The van der Waals surface area contributed by atoms with E-state index in [9.17, 15) is 4.79 Å². The Hall–Kier alpha value is -1.71. The van der Waals surface area contributed by atoms with E-state index in [0.29, 0.717) is 11.4 Å². The molecule has 0 aliphatic rings. The lowest BCUT2D eigenvalue weighted by Gasteiger charge is -2.06. The summed E-state index contributed by atoms with van der Waals surface area (Å²) in [5.74, 6) is -0.177. The first kappa shape index (κ1) is 9.38. The van der Waals surface area contributed by atoms with Gasteiger partial charge in [-0.2, -0.15) is 0 Å². The number of nitrogens with one attached hydrogen (secondary N) is 2. The van der Waals surface area contributed by atoms with Gasteiger partial charge in [0.15, 0.2) is 0 Å². The Bertz CT molecular complexity index is 316. The van der Waals surface area contributed by atoms with E-state index in [1.165, 1.54) is 0 Å². The summed E-state index contributed by atoms with van der Waals surface area (Å²) in [6, 6.07) is 1.54. The van der Waals surface area contributed by atoms with Crippen LogP contribution in [0.15, 0.2) is 24.9 Å². The number of nitrogen functional groups attached to an aromatic ring is 1. The largest absolute Gasteiger partial charge is 0.397 e. The Morgan fingerprint density at radius 3 is 3.00 bits per heavy atom. The van der Waals surface area contributed by atoms with Gasteiger partial charge in [-0.25, -0.2) is 0 Å². The first-order valence-electron chi connectivity index (χ1n) is 4.01. The van der Waals surface area contributed by atoms with E-state index in [4.69, 9.17) is 5.73 Å². The Labute approximate surface area is 76.8 Å². The minimum atomic E-state index is -0.177. The molecule has 70 valence electrons. The van der Waals surface area contributed by atoms with Gasteiger partial charge in [0.05, 0.1) is 0 Å². The van der Waals surface area contributed by atoms with Gasteiger partial charge in [-0.1, -0.05) is 6.08 Å². The number of aromatic amines is 1. The fourth-order valence-corrected chi connectivity index (χ4v) is 0.886. The molecule has 0 radical (unpaired) electrons. The molecule has 1 heterocycles. The summed E-state index contributed by atoms with van der Waals surface area (Å²) >= 11 is 0. The molecule has 0 saturated carbocycles. The monoisotopic (exact) mass is 179 g/mol. The lowest BCUT2D eigenvalue weighted by Crippen LogP contribution is -2.31. The van der Waals surface area contributed by atoms with Crippen molar-refractivity contribution in [2.24, 2.45) is 0 Å². The lowest BCUT2D eigenvalue weighted by molar-refractivity contribution is 0.0942. The molecule has 4 heteroatoms. The van der Waals surface area contributed by atoms with Gasteiger partial charge >= 0.3 is 0 Å². The maximum atomic E-state index is 11.4. The summed E-state index contributed by atoms with van der Waals surface area (Å²) in [5.41, 5.74) is 6.46. The zero-order chi connectivity index (χ0) is 9.84. The SMILES string of the molecule is C=CC(C)NC(=O)c1cc(N)c[nH]1. The van der Waals surface area contributed by atoms with Crippen LogP contribution in [-0.2, 0) is 0 Å². The van der Waals surface area contributed by atoms with Crippen molar-refractivity contribution in [3.63, 3.8) is 0 Å². The van der Waals surface area contributed by atoms with Crippen LogP contribution < -0.4 is 11.1 Å². The molecule has 1 unspecified atom stereocenters. The zero-order valence-electron chi connectivity index (χ0n) is 7.50. The molecule has 4 N–H and O–H groups in total. The van der Waals surface area contributed by atoms with Crippen molar-refractivity contribution >= 4 is 11.6 Å². The van der Waals surface area contributed by atoms with E-state index in [1.54, 1.807) is 18.3 Å². The summed E-state index contributed by atoms with van der Waals surface area (Å²) in [7, 11) is 0. The van der Waals surface area contributed by atoms with Crippen LogP contribution in [-0.4, -0.2) is 16.9 Å². The normalized spacial score (nSPS) is 12.1. The van der Waals surface area contributed by atoms with E-state index in [2.05, 4.69) is 16.9 Å². The van der Waals surface area contributed by atoms with Crippen LogP contribution in [0.5, 0.6) is 0 Å². The zero-order valence-corrected chi connectivity index (χ0v) is 7.50. The smallest absolute Gasteiger partial charge is 0.268 e. The highest BCUT2D eigenvalue weighted by Crippen LogP contribution is 2.04. The van der Waals surface area contributed by atoms with Crippen molar-refractivity contribution in [3.05, 3.63) is 30.6 Å². The number of hydrogen-bond donors (Lipinski definition) is 3. The lowest BCUT2D eigenvalue weighted by atomic mass is 10.3. The maximum absolute atomic E-state index is 11.4. The number of H-pyrrole nitrogens is 1. The number of nitrogens with two attached hydrogens (primary N) is 1. The van der Waals surface area contributed by atoms with Crippen molar-refractivity contribution in [2.75, 3.05) is 5.73 Å². The molecule has 1 amide bonds. The van der Waals surface area contributed by atoms with Gasteiger partial charge in [0, 0.05) is 17.9 Å². The molecule has 1 aromatic heterocycles. The van der Waals surface area contributed by atoms with Crippen LogP contribution in [0.3, 0.4) is 0 Å². The Morgan fingerprint density at radius 1 is 1.85 bits per heavy atom. The predicted molar refractivity (Wildman–Crippen MR) is 52.3 cm³/mol. The number of carbonyl (C=O) groups is 1. The van der Waals surface area contributed by atoms with Crippen molar-refractivity contribution in [1.82, 2.24) is 10.3 Å². The summed E-state index contributed by atoms with van der Waals surface area (Å²) in [6.45, 7) is 5.41. The van der Waals surface area contributed by atoms with E-state index in [1.807, 2.05) is 6.92 Å². The molecule has 0 aliphatic carbocycles. The van der Waals surface area contributed by atoms with E-state index < -0.39 is 0 Å². The average Bonchev–Trinajstić information content (AvgIpc) is 2.51. The second kappa shape index (κ2) is 3.80. The van der Waals surface area contributed by atoms with E-state index in [0.717, 1.165) is 0 Å². The fourth-order valence-electron chi connectivity index (χ4n) is 0.886. The molecular weight excluding hydrogens is 166 g/mol. The number of hydrogen-bond acceptors (Lipinski definition) is 2. The topological polar surface area (TPSA) is 70.9 Å². The summed E-state index contributed by atoms with van der Waals surface area (Å²) in [6.07, 6.45) is 3.23. The second-order valence-corrected chi connectivity index (χ2v) is 2.84. The maximum Gasteiger partial charge on any atom is 0.268 e. The molecule has 1 atom stereocenters. The number of rotatable bonds is 3. The third kappa shape index (κ3) is 2.37. The highest BCUT2D eigenvalue weighted by atomic mass is 16.1. The molecule has 1 rings (SSSR count). The molecule has 0 saturated heterocycles. The molecule has 0 aliphatic heterocycles. The number of carbonyl (C=O) groups excluding carboxylic acids is 1. The summed E-state index contributed by atoms with van der Waals surface area (Å²) in [4.78, 5) is 14.1. The van der Waals surface area contributed by atoms with Crippen LogP contribution in [0.1, 0.15) is 17.4 Å². The Morgan fingerprint density at radius 2 is 2.54 bits per heavy atom. The van der Waals surface area contributed by atoms with Crippen LogP contribution >= 0.6 is 0 Å². The van der Waals surface area contributed by atoms with Gasteiger partial charge in [0.25, 0.3) is 5.91 Å². The molecule has 0 bridgehead atoms. The van der Waals surface area contributed by atoms with Gasteiger partial charge < -0.3 is 16.0 Å². The van der Waals surface area contributed by atoms with Crippen LogP contribution in [0, 0.1) is 0 Å². The summed E-state index contributed by atoms with van der Waals surface area (Å²) in [5, 5.41) is 2.72. The van der Waals surface area contributed by atoms with Crippen molar-refractivity contribution in [2.45, 2.75) is 13.0 Å². The van der Waals surface area contributed by atoms with Gasteiger partial charge in [0.1, 0.15) is 5.69 Å². The first-order chi connectivity index (χ1) is 6.13. The number of amides is 1. The highest BCUT2D eigenvalue weighted by Gasteiger charge is 2.08. The first-order valence-corrected chi connectivity index (χ1v) is 4.01. The highest BCUT2D eigenvalue weighted by molar-refractivity contribution is 5.93. The van der Waals surface area contributed by atoms with Crippen LogP contribution in [0.25, 0.3) is 0 Å². The minimum absolute atomic E-state index is 0.0444. The van der Waals surface area contributed by atoms with Gasteiger partial charge in [-0.3, -0.25) is 4.79 Å². The third-order valence-corrected chi connectivity index (χ3v) is 1.66.